The molecule has 1 atom stereocenters. The van der Waals surface area contributed by atoms with Gasteiger partial charge in [-0.05, 0) is 31.0 Å². The largest absolute Gasteiger partial charge is 0.352 e. The number of carbonyl (C=O) groups excluding carboxylic acids is 1. The number of hydrogen-bond acceptors (Lipinski definition) is 6. The normalized spacial score (nSPS) is 17.4. The molecule has 6 nitrogen and oxygen atoms in total. The van der Waals surface area contributed by atoms with Gasteiger partial charge in [-0.1, -0.05) is 12.1 Å². The number of hydrogen-bond donors (Lipinski definition) is 1. The van der Waals surface area contributed by atoms with Crippen molar-refractivity contribution in [2.75, 3.05) is 18.0 Å². The van der Waals surface area contributed by atoms with Crippen molar-refractivity contribution in [1.82, 2.24) is 20.3 Å². The van der Waals surface area contributed by atoms with Crippen molar-refractivity contribution in [2.24, 2.45) is 0 Å². The fraction of sp³-hybridized carbons (Fsp3) is 0.368. The topological polar surface area (TPSA) is 71.0 Å². The number of aromatic nitrogens is 3. The van der Waals surface area contributed by atoms with Gasteiger partial charge in [0.05, 0.1) is 15.2 Å². The molecule has 0 aliphatic carbocycles. The first-order valence-corrected chi connectivity index (χ1v) is 9.75. The minimum absolute atomic E-state index is 0.0880. The third-order valence-electron chi connectivity index (χ3n) is 4.53. The Balaban J connectivity index is 1.30. The fourth-order valence-corrected chi connectivity index (χ4v) is 4.25. The summed E-state index contributed by atoms with van der Waals surface area (Å²) in [5.41, 5.74) is 1.01. The van der Waals surface area contributed by atoms with Crippen LogP contribution in [0.15, 0.2) is 42.7 Å². The molecule has 2 aromatic heterocycles. The van der Waals surface area contributed by atoms with Crippen LogP contribution < -0.4 is 10.2 Å². The summed E-state index contributed by atoms with van der Waals surface area (Å²) >= 11 is 1.67. The van der Waals surface area contributed by atoms with Crippen LogP contribution in [0.1, 0.15) is 24.3 Å². The van der Waals surface area contributed by atoms with Crippen molar-refractivity contribution in [2.45, 2.75) is 31.7 Å². The van der Waals surface area contributed by atoms with Gasteiger partial charge in [-0.15, -0.1) is 11.3 Å². The Morgan fingerprint density at radius 3 is 2.92 bits per heavy atom. The van der Waals surface area contributed by atoms with Gasteiger partial charge in [0.2, 0.25) is 11.9 Å². The highest BCUT2D eigenvalue weighted by Gasteiger charge is 2.22. The molecule has 1 aromatic carbocycles. The predicted molar refractivity (Wildman–Crippen MR) is 103 cm³/mol. The molecular weight excluding hydrogens is 346 g/mol. The lowest BCUT2D eigenvalue weighted by atomic mass is 10.1. The van der Waals surface area contributed by atoms with E-state index in [2.05, 4.69) is 31.2 Å². The van der Waals surface area contributed by atoms with Crippen LogP contribution in [0.3, 0.4) is 0 Å². The summed E-state index contributed by atoms with van der Waals surface area (Å²) < 4.78 is 1.17. The second-order valence-corrected chi connectivity index (χ2v) is 7.59. The maximum absolute atomic E-state index is 12.4. The van der Waals surface area contributed by atoms with E-state index < -0.39 is 0 Å². The summed E-state index contributed by atoms with van der Waals surface area (Å²) in [6, 6.07) is 10.0. The van der Waals surface area contributed by atoms with Gasteiger partial charge in [-0.25, -0.2) is 15.0 Å². The second kappa shape index (κ2) is 7.78. The molecular formula is C19H21N5OS. The molecule has 0 spiro atoms. The number of anilines is 1. The van der Waals surface area contributed by atoms with Gasteiger partial charge in [-0.2, -0.15) is 0 Å². The predicted octanol–water partition coefficient (Wildman–Crippen LogP) is 2.80. The van der Waals surface area contributed by atoms with E-state index in [1.54, 1.807) is 23.7 Å². The zero-order valence-electron chi connectivity index (χ0n) is 14.5. The van der Waals surface area contributed by atoms with Gasteiger partial charge in [0.1, 0.15) is 0 Å². The summed E-state index contributed by atoms with van der Waals surface area (Å²) in [5, 5.41) is 4.18. The number of thiazole rings is 1. The Morgan fingerprint density at radius 1 is 1.23 bits per heavy atom. The number of nitrogens with zero attached hydrogens (tertiary/aromatic N) is 4. The molecule has 7 heteroatoms. The van der Waals surface area contributed by atoms with Gasteiger partial charge in [0, 0.05) is 44.4 Å². The first-order chi connectivity index (χ1) is 12.8. The molecule has 0 saturated carbocycles. The van der Waals surface area contributed by atoms with E-state index in [1.165, 1.54) is 4.70 Å². The molecule has 0 bridgehead atoms. The monoisotopic (exact) mass is 367 g/mol. The molecule has 3 heterocycles. The molecule has 1 unspecified atom stereocenters. The maximum atomic E-state index is 12.4. The quantitative estimate of drug-likeness (QED) is 0.751. The average Bonchev–Trinajstić information content (AvgIpc) is 3.10. The Bertz CT molecular complexity index is 849. The molecule has 1 fully saturated rings. The van der Waals surface area contributed by atoms with Crippen molar-refractivity contribution in [3.05, 3.63) is 47.7 Å². The number of amides is 1. The Labute approximate surface area is 156 Å². The van der Waals surface area contributed by atoms with Crippen LogP contribution in [-0.4, -0.2) is 40.0 Å². The van der Waals surface area contributed by atoms with Crippen molar-refractivity contribution in [3.63, 3.8) is 0 Å². The van der Waals surface area contributed by atoms with E-state index in [1.807, 2.05) is 24.3 Å². The van der Waals surface area contributed by atoms with Crippen LogP contribution >= 0.6 is 11.3 Å². The summed E-state index contributed by atoms with van der Waals surface area (Å²) in [6.45, 7) is 1.69. The molecule has 26 heavy (non-hydrogen) atoms. The number of para-hydroxylation sites is 1. The SMILES string of the molecule is O=C(CCc1nc2ccccc2s1)NC1CCCN(c2ncccn2)C1. The molecule has 1 aliphatic rings. The number of aryl methyl sites for hydroxylation is 1. The highest BCUT2D eigenvalue weighted by molar-refractivity contribution is 7.18. The number of fused-ring (bicyclic) bond motifs is 1. The van der Waals surface area contributed by atoms with Crippen molar-refractivity contribution in [1.29, 1.82) is 0 Å². The van der Waals surface area contributed by atoms with Crippen LogP contribution in [0, 0.1) is 0 Å². The summed E-state index contributed by atoms with van der Waals surface area (Å²) in [4.78, 5) is 27.7. The van der Waals surface area contributed by atoms with Gasteiger partial charge < -0.3 is 10.2 Å². The summed E-state index contributed by atoms with van der Waals surface area (Å²) in [7, 11) is 0. The standard InChI is InChI=1S/C19H21N5OS/c25-17(8-9-18-23-15-6-1-2-7-16(15)26-18)22-14-5-3-12-24(13-14)19-20-10-4-11-21-19/h1-2,4,6-7,10-11,14H,3,5,8-9,12-13H2,(H,22,25). The van der Waals surface area contributed by atoms with Crippen LogP contribution in [-0.2, 0) is 11.2 Å². The highest BCUT2D eigenvalue weighted by atomic mass is 32.1. The number of rotatable bonds is 5. The van der Waals surface area contributed by atoms with Crippen LogP contribution in [0.5, 0.6) is 0 Å². The van der Waals surface area contributed by atoms with Crippen molar-refractivity contribution < 1.29 is 4.79 Å². The van der Waals surface area contributed by atoms with Crippen LogP contribution in [0.4, 0.5) is 5.95 Å². The van der Waals surface area contributed by atoms with E-state index in [4.69, 9.17) is 0 Å². The third-order valence-corrected chi connectivity index (χ3v) is 5.62. The van der Waals surface area contributed by atoms with Gasteiger partial charge >= 0.3 is 0 Å². The molecule has 1 amide bonds. The summed E-state index contributed by atoms with van der Waals surface area (Å²) in [6.07, 6.45) is 6.68. The molecule has 3 aromatic rings. The Morgan fingerprint density at radius 2 is 2.08 bits per heavy atom. The van der Waals surface area contributed by atoms with E-state index in [0.29, 0.717) is 12.8 Å². The molecule has 1 saturated heterocycles. The minimum atomic E-state index is 0.0880. The van der Waals surface area contributed by atoms with E-state index in [9.17, 15) is 4.79 Å². The zero-order valence-corrected chi connectivity index (χ0v) is 15.3. The lowest BCUT2D eigenvalue weighted by Crippen LogP contribution is -2.48. The van der Waals surface area contributed by atoms with E-state index in [-0.39, 0.29) is 11.9 Å². The maximum Gasteiger partial charge on any atom is 0.225 e. The van der Waals surface area contributed by atoms with Gasteiger partial charge in [0.15, 0.2) is 0 Å². The van der Waals surface area contributed by atoms with Crippen molar-refractivity contribution >= 4 is 33.4 Å². The first kappa shape index (κ1) is 16.9. The summed E-state index contributed by atoms with van der Waals surface area (Å²) in [5.74, 6) is 0.825. The van der Waals surface area contributed by atoms with Gasteiger partial charge in [0.25, 0.3) is 0 Å². The molecule has 0 radical (unpaired) electrons. The number of piperidine rings is 1. The Hall–Kier alpha value is -2.54. The fourth-order valence-electron chi connectivity index (χ4n) is 3.28. The van der Waals surface area contributed by atoms with Gasteiger partial charge in [-0.3, -0.25) is 4.79 Å². The molecule has 4 rings (SSSR count). The van der Waals surface area contributed by atoms with Crippen LogP contribution in [0.2, 0.25) is 0 Å². The van der Waals surface area contributed by atoms with Crippen LogP contribution in [0.25, 0.3) is 10.2 Å². The minimum Gasteiger partial charge on any atom is -0.352 e. The molecule has 1 aliphatic heterocycles. The van der Waals surface area contributed by atoms with Crippen molar-refractivity contribution in [3.8, 4) is 0 Å². The molecule has 1 N–H and O–H groups in total. The third kappa shape index (κ3) is 3.99. The zero-order chi connectivity index (χ0) is 17.8. The van der Waals surface area contributed by atoms with E-state index >= 15 is 0 Å². The second-order valence-electron chi connectivity index (χ2n) is 6.48. The highest BCUT2D eigenvalue weighted by Crippen LogP contribution is 2.22. The number of benzene rings is 1. The van der Waals surface area contributed by atoms with E-state index in [0.717, 1.165) is 42.4 Å². The lowest BCUT2D eigenvalue weighted by molar-refractivity contribution is -0.121. The first-order valence-electron chi connectivity index (χ1n) is 8.94. The number of carbonyl (C=O) groups is 1. The average molecular weight is 367 g/mol. The smallest absolute Gasteiger partial charge is 0.225 e. The lowest BCUT2D eigenvalue weighted by Gasteiger charge is -2.33. The number of nitrogens with one attached hydrogen (secondary N) is 1. The Kier molecular flexibility index (Phi) is 5.06. The molecule has 134 valence electrons.